The normalized spacial score (nSPS) is 20.6. The standard InChI is InChI=1S/C24H28N2O2S/c1-24(2)21(23(24)18-9-11-19(12-10-18)29(25,27)28)13-14-22-20(15-16-26(22)3)17-7-5-4-6-8-17/h4-12,15-16,21,23H,13-14H2,1-3H3,(H2,25,27,28). The predicted molar refractivity (Wildman–Crippen MR) is 117 cm³/mol. The Balaban J connectivity index is 1.51. The van der Waals surface area contributed by atoms with Crippen molar-refractivity contribution < 1.29 is 8.42 Å². The summed E-state index contributed by atoms with van der Waals surface area (Å²) in [5.74, 6) is 1.01. The van der Waals surface area contributed by atoms with Gasteiger partial charge in [-0.25, -0.2) is 13.6 Å². The molecule has 29 heavy (non-hydrogen) atoms. The molecule has 4 nitrogen and oxygen atoms in total. The highest BCUT2D eigenvalue weighted by Crippen LogP contribution is 2.66. The molecule has 1 heterocycles. The lowest BCUT2D eigenvalue weighted by atomic mass is 10.0. The molecule has 2 aromatic carbocycles. The van der Waals surface area contributed by atoms with E-state index in [0.29, 0.717) is 11.8 Å². The number of hydrogen-bond acceptors (Lipinski definition) is 2. The third-order valence-electron chi connectivity index (χ3n) is 6.60. The van der Waals surface area contributed by atoms with Gasteiger partial charge in [0.05, 0.1) is 4.90 Å². The molecule has 0 bridgehead atoms. The molecule has 2 unspecified atom stereocenters. The second kappa shape index (κ2) is 7.15. The summed E-state index contributed by atoms with van der Waals surface area (Å²) in [7, 11) is -1.53. The highest BCUT2D eigenvalue weighted by atomic mass is 32.2. The van der Waals surface area contributed by atoms with Gasteiger partial charge in [0, 0.05) is 24.5 Å². The van der Waals surface area contributed by atoms with Crippen LogP contribution in [0.25, 0.3) is 11.1 Å². The van der Waals surface area contributed by atoms with Crippen molar-refractivity contribution in [3.05, 3.63) is 78.1 Å². The molecule has 4 rings (SSSR count). The Morgan fingerprint density at radius 1 is 1.00 bits per heavy atom. The molecule has 1 aliphatic rings. The van der Waals surface area contributed by atoms with Crippen LogP contribution in [0.5, 0.6) is 0 Å². The smallest absolute Gasteiger partial charge is 0.238 e. The van der Waals surface area contributed by atoms with E-state index < -0.39 is 10.0 Å². The molecule has 3 aromatic rings. The van der Waals surface area contributed by atoms with Crippen LogP contribution >= 0.6 is 0 Å². The molecule has 0 saturated heterocycles. The zero-order valence-electron chi connectivity index (χ0n) is 17.2. The maximum Gasteiger partial charge on any atom is 0.238 e. The Bertz CT molecular complexity index is 1110. The van der Waals surface area contributed by atoms with E-state index in [4.69, 9.17) is 5.14 Å². The van der Waals surface area contributed by atoms with Gasteiger partial charge in [-0.1, -0.05) is 56.3 Å². The fraction of sp³-hybridized carbons (Fsp3) is 0.333. The molecule has 0 spiro atoms. The number of aryl methyl sites for hydroxylation is 1. The van der Waals surface area contributed by atoms with Crippen LogP contribution in [0.2, 0.25) is 0 Å². The Morgan fingerprint density at radius 2 is 1.66 bits per heavy atom. The summed E-state index contributed by atoms with van der Waals surface area (Å²) in [6, 6.07) is 19.8. The van der Waals surface area contributed by atoms with Crippen LogP contribution in [0.15, 0.2) is 71.8 Å². The van der Waals surface area contributed by atoms with Gasteiger partial charge in [0.1, 0.15) is 0 Å². The molecule has 0 aliphatic heterocycles. The van der Waals surface area contributed by atoms with Crippen LogP contribution in [0, 0.1) is 11.3 Å². The largest absolute Gasteiger partial charge is 0.354 e. The van der Waals surface area contributed by atoms with E-state index in [9.17, 15) is 8.42 Å². The van der Waals surface area contributed by atoms with Crippen LogP contribution in [0.1, 0.15) is 37.4 Å². The van der Waals surface area contributed by atoms with Gasteiger partial charge in [-0.2, -0.15) is 0 Å². The van der Waals surface area contributed by atoms with Gasteiger partial charge >= 0.3 is 0 Å². The molecule has 2 atom stereocenters. The average molecular weight is 409 g/mol. The van der Waals surface area contributed by atoms with Crippen molar-refractivity contribution in [3.8, 4) is 11.1 Å². The van der Waals surface area contributed by atoms with Crippen molar-refractivity contribution in [1.82, 2.24) is 4.57 Å². The Kier molecular flexibility index (Phi) is 4.91. The summed E-state index contributed by atoms with van der Waals surface area (Å²) in [5, 5.41) is 5.23. The van der Waals surface area contributed by atoms with Gasteiger partial charge < -0.3 is 4.57 Å². The number of hydrogen-bond donors (Lipinski definition) is 1. The van der Waals surface area contributed by atoms with Crippen molar-refractivity contribution in [2.75, 3.05) is 0 Å². The minimum atomic E-state index is -3.65. The van der Waals surface area contributed by atoms with E-state index in [1.54, 1.807) is 12.1 Å². The summed E-state index contributed by atoms with van der Waals surface area (Å²) in [4.78, 5) is 0.174. The van der Waals surface area contributed by atoms with Crippen molar-refractivity contribution in [2.24, 2.45) is 23.5 Å². The molecule has 2 N–H and O–H groups in total. The number of aromatic nitrogens is 1. The third kappa shape index (κ3) is 3.77. The lowest BCUT2D eigenvalue weighted by Gasteiger charge is -2.09. The summed E-state index contributed by atoms with van der Waals surface area (Å²) in [5.41, 5.74) is 5.33. The second-order valence-corrected chi connectivity index (χ2v) is 10.3. The zero-order valence-corrected chi connectivity index (χ0v) is 18.0. The zero-order chi connectivity index (χ0) is 20.8. The molecule has 1 saturated carbocycles. The van der Waals surface area contributed by atoms with E-state index in [0.717, 1.165) is 12.8 Å². The number of rotatable bonds is 6. The van der Waals surface area contributed by atoms with Crippen LogP contribution in [0.4, 0.5) is 0 Å². The first-order valence-electron chi connectivity index (χ1n) is 10.0. The van der Waals surface area contributed by atoms with Crippen LogP contribution in [-0.2, 0) is 23.5 Å². The molecule has 0 amide bonds. The monoisotopic (exact) mass is 408 g/mol. The van der Waals surface area contributed by atoms with Crippen LogP contribution in [-0.4, -0.2) is 13.0 Å². The fourth-order valence-electron chi connectivity index (χ4n) is 4.86. The third-order valence-corrected chi connectivity index (χ3v) is 7.53. The quantitative estimate of drug-likeness (QED) is 0.642. The SMILES string of the molecule is Cn1ccc(-c2ccccc2)c1CCC1C(c2ccc(S(N)(=O)=O)cc2)C1(C)C. The first-order valence-corrected chi connectivity index (χ1v) is 11.6. The summed E-state index contributed by atoms with van der Waals surface area (Å²) in [6.45, 7) is 4.61. The van der Waals surface area contributed by atoms with E-state index in [-0.39, 0.29) is 10.3 Å². The molecule has 1 aromatic heterocycles. The Hall–Kier alpha value is -2.37. The molecular weight excluding hydrogens is 380 g/mol. The highest BCUT2D eigenvalue weighted by Gasteiger charge is 2.57. The van der Waals surface area contributed by atoms with Crippen LogP contribution in [0.3, 0.4) is 0 Å². The van der Waals surface area contributed by atoms with Gasteiger partial charge in [-0.15, -0.1) is 0 Å². The van der Waals surface area contributed by atoms with Crippen molar-refractivity contribution in [3.63, 3.8) is 0 Å². The summed E-state index contributed by atoms with van der Waals surface area (Å²) >= 11 is 0. The minimum absolute atomic E-state index is 0.174. The van der Waals surface area contributed by atoms with Gasteiger partial charge in [0.2, 0.25) is 10.0 Å². The molecule has 5 heteroatoms. The number of primary sulfonamides is 1. The van der Waals surface area contributed by atoms with E-state index in [2.05, 4.69) is 62.0 Å². The van der Waals surface area contributed by atoms with E-state index in [1.807, 2.05) is 18.2 Å². The maximum atomic E-state index is 11.5. The van der Waals surface area contributed by atoms with Crippen molar-refractivity contribution in [1.29, 1.82) is 0 Å². The molecule has 1 fully saturated rings. The minimum Gasteiger partial charge on any atom is -0.354 e. The van der Waals surface area contributed by atoms with Crippen molar-refractivity contribution >= 4 is 10.0 Å². The summed E-state index contributed by atoms with van der Waals surface area (Å²) in [6.07, 6.45) is 4.26. The van der Waals surface area contributed by atoms with Gasteiger partial charge in [0.25, 0.3) is 0 Å². The summed E-state index contributed by atoms with van der Waals surface area (Å²) < 4.78 is 25.3. The van der Waals surface area contributed by atoms with E-state index >= 15 is 0 Å². The first-order chi connectivity index (χ1) is 13.7. The molecule has 0 radical (unpaired) electrons. The van der Waals surface area contributed by atoms with E-state index in [1.165, 1.54) is 22.4 Å². The number of sulfonamides is 1. The topological polar surface area (TPSA) is 65.1 Å². The van der Waals surface area contributed by atoms with Crippen molar-refractivity contribution in [2.45, 2.75) is 37.5 Å². The predicted octanol–water partition coefficient (Wildman–Crippen LogP) is 4.71. The van der Waals surface area contributed by atoms with Gasteiger partial charge in [-0.05, 0) is 59.4 Å². The number of benzene rings is 2. The van der Waals surface area contributed by atoms with Gasteiger partial charge in [0.15, 0.2) is 0 Å². The van der Waals surface area contributed by atoms with Gasteiger partial charge in [-0.3, -0.25) is 0 Å². The fourth-order valence-corrected chi connectivity index (χ4v) is 5.37. The molecular formula is C24H28N2O2S. The highest BCUT2D eigenvalue weighted by molar-refractivity contribution is 7.89. The molecule has 1 aliphatic carbocycles. The Morgan fingerprint density at radius 3 is 2.28 bits per heavy atom. The maximum absolute atomic E-state index is 11.5. The lowest BCUT2D eigenvalue weighted by Crippen LogP contribution is -2.11. The average Bonchev–Trinajstić information content (AvgIpc) is 3.03. The lowest BCUT2D eigenvalue weighted by molar-refractivity contribution is 0.526. The first kappa shape index (κ1) is 19.9. The number of nitrogens with two attached hydrogens (primary N) is 1. The second-order valence-electron chi connectivity index (χ2n) is 8.71. The van der Waals surface area contributed by atoms with Crippen LogP contribution < -0.4 is 5.14 Å². The number of nitrogens with zero attached hydrogens (tertiary/aromatic N) is 1. The Labute approximate surface area is 173 Å². The molecule has 152 valence electrons.